The van der Waals surface area contributed by atoms with Gasteiger partial charge in [0, 0.05) is 6.42 Å². The fourth-order valence-corrected chi connectivity index (χ4v) is 3.41. The van der Waals surface area contributed by atoms with Crippen LogP contribution in [0.5, 0.6) is 0 Å². The molecule has 4 heteroatoms. The first kappa shape index (κ1) is 28.9. The molecule has 30 heavy (non-hydrogen) atoms. The number of carbonyl (C=O) groups excluding carboxylic acids is 1. The Morgan fingerprint density at radius 1 is 0.767 bits per heavy atom. The van der Waals surface area contributed by atoms with Crippen LogP contribution in [0.15, 0.2) is 24.3 Å². The van der Waals surface area contributed by atoms with E-state index in [2.05, 4.69) is 31.3 Å². The Morgan fingerprint density at radius 2 is 1.33 bits per heavy atom. The van der Waals surface area contributed by atoms with Gasteiger partial charge in [-0.25, -0.2) is 0 Å². The van der Waals surface area contributed by atoms with E-state index in [4.69, 9.17) is 0 Å². The molecule has 0 rings (SSSR count). The number of amides is 1. The molecule has 0 aromatic rings. The summed E-state index contributed by atoms with van der Waals surface area (Å²) in [6, 6.07) is -0.617. The third-order valence-electron chi connectivity index (χ3n) is 5.41. The van der Waals surface area contributed by atoms with Gasteiger partial charge in [0.1, 0.15) is 0 Å². The van der Waals surface area contributed by atoms with Crippen molar-refractivity contribution in [3.8, 4) is 0 Å². The van der Waals surface area contributed by atoms with E-state index in [-0.39, 0.29) is 12.5 Å². The van der Waals surface area contributed by atoms with Crippen molar-refractivity contribution in [3.63, 3.8) is 0 Å². The molecule has 0 saturated heterocycles. The quantitative estimate of drug-likeness (QED) is 0.152. The van der Waals surface area contributed by atoms with Crippen molar-refractivity contribution >= 4 is 5.91 Å². The van der Waals surface area contributed by atoms with E-state index in [1.807, 2.05) is 6.08 Å². The van der Waals surface area contributed by atoms with Gasteiger partial charge in [-0.05, 0) is 38.5 Å². The van der Waals surface area contributed by atoms with Crippen molar-refractivity contribution in [2.75, 3.05) is 6.61 Å². The molecule has 0 aliphatic heterocycles. The summed E-state index contributed by atoms with van der Waals surface area (Å²) in [6.45, 7) is 4.16. The number of allylic oxidation sites excluding steroid dienone is 3. The molecule has 0 aromatic carbocycles. The van der Waals surface area contributed by atoms with E-state index in [1.54, 1.807) is 6.08 Å². The monoisotopic (exact) mass is 423 g/mol. The predicted octanol–water partition coefficient (Wildman–Crippen LogP) is 6.22. The average molecular weight is 424 g/mol. The highest BCUT2D eigenvalue weighted by molar-refractivity contribution is 5.76. The third kappa shape index (κ3) is 18.9. The molecule has 0 bridgehead atoms. The van der Waals surface area contributed by atoms with Crippen LogP contribution in [0, 0.1) is 0 Å². The lowest BCUT2D eigenvalue weighted by atomic mass is 10.1. The van der Waals surface area contributed by atoms with Crippen molar-refractivity contribution < 1.29 is 15.0 Å². The van der Waals surface area contributed by atoms with Crippen LogP contribution in [-0.2, 0) is 4.79 Å². The lowest BCUT2D eigenvalue weighted by molar-refractivity contribution is -0.123. The average Bonchev–Trinajstić information content (AvgIpc) is 2.75. The zero-order valence-corrected chi connectivity index (χ0v) is 19.8. The fourth-order valence-electron chi connectivity index (χ4n) is 3.41. The number of nitrogens with one attached hydrogen (secondary N) is 1. The molecule has 0 spiro atoms. The number of aliphatic hydroxyl groups excluding tert-OH is 2. The van der Waals surface area contributed by atoms with Gasteiger partial charge in [0.15, 0.2) is 0 Å². The van der Waals surface area contributed by atoms with E-state index in [1.165, 1.54) is 57.8 Å². The first-order chi connectivity index (χ1) is 14.7. The van der Waals surface area contributed by atoms with E-state index in [9.17, 15) is 15.0 Å². The SMILES string of the molecule is CCC/C=C\CCCCCCCC(=O)NC(CO)C(O)/C=C/CCCCCCCC. The standard InChI is InChI=1S/C26H49NO3/c1-3-5-7-9-11-13-14-16-18-20-22-26(30)27-24(23-28)25(29)21-19-17-15-12-10-8-6-4-2/h7,9,19,21,24-25,28-29H,3-6,8,10-18,20,22-23H2,1-2H3,(H,27,30)/b9-7-,21-19+. The Labute approximate surface area is 186 Å². The van der Waals surface area contributed by atoms with E-state index >= 15 is 0 Å². The molecule has 176 valence electrons. The second kappa shape index (κ2) is 22.6. The minimum atomic E-state index is -0.834. The maximum absolute atomic E-state index is 12.1. The van der Waals surface area contributed by atoms with Crippen LogP contribution in [0.3, 0.4) is 0 Å². The maximum Gasteiger partial charge on any atom is 0.220 e. The normalized spacial score (nSPS) is 13.9. The Balaban J connectivity index is 3.78. The fraction of sp³-hybridized carbons (Fsp3) is 0.808. The molecule has 1 amide bonds. The van der Waals surface area contributed by atoms with Crippen LogP contribution in [0.2, 0.25) is 0 Å². The molecule has 2 atom stereocenters. The number of aliphatic hydroxyl groups is 2. The van der Waals surface area contributed by atoms with Gasteiger partial charge in [-0.3, -0.25) is 4.79 Å². The lowest BCUT2D eigenvalue weighted by Crippen LogP contribution is -2.45. The highest BCUT2D eigenvalue weighted by Gasteiger charge is 2.17. The molecule has 3 N–H and O–H groups in total. The summed E-state index contributed by atoms with van der Waals surface area (Å²) in [7, 11) is 0. The van der Waals surface area contributed by atoms with E-state index < -0.39 is 12.1 Å². The van der Waals surface area contributed by atoms with Crippen molar-refractivity contribution in [2.24, 2.45) is 0 Å². The zero-order valence-electron chi connectivity index (χ0n) is 19.8. The lowest BCUT2D eigenvalue weighted by Gasteiger charge is -2.20. The summed E-state index contributed by atoms with van der Waals surface area (Å²) < 4.78 is 0. The molecular formula is C26H49NO3. The van der Waals surface area contributed by atoms with Crippen LogP contribution in [-0.4, -0.2) is 34.9 Å². The molecule has 2 unspecified atom stereocenters. The Morgan fingerprint density at radius 3 is 1.97 bits per heavy atom. The summed E-state index contributed by atoms with van der Waals surface area (Å²) in [5, 5.41) is 22.5. The highest BCUT2D eigenvalue weighted by atomic mass is 16.3. The molecular weight excluding hydrogens is 374 g/mol. The Hall–Kier alpha value is -1.13. The van der Waals surface area contributed by atoms with Crippen molar-refractivity contribution in [1.82, 2.24) is 5.32 Å². The summed E-state index contributed by atoms with van der Waals surface area (Å²) >= 11 is 0. The van der Waals surface area contributed by atoms with Crippen molar-refractivity contribution in [2.45, 2.75) is 129 Å². The number of hydrogen-bond donors (Lipinski definition) is 3. The molecule has 0 aromatic heterocycles. The van der Waals surface area contributed by atoms with Crippen LogP contribution in [0.4, 0.5) is 0 Å². The topological polar surface area (TPSA) is 69.6 Å². The van der Waals surface area contributed by atoms with Gasteiger partial charge in [0.25, 0.3) is 0 Å². The molecule has 0 fully saturated rings. The third-order valence-corrected chi connectivity index (χ3v) is 5.41. The van der Waals surface area contributed by atoms with Gasteiger partial charge in [0.05, 0.1) is 18.8 Å². The summed E-state index contributed by atoms with van der Waals surface area (Å²) in [5.41, 5.74) is 0. The first-order valence-corrected chi connectivity index (χ1v) is 12.6. The van der Waals surface area contributed by atoms with Gasteiger partial charge in [0.2, 0.25) is 5.91 Å². The van der Waals surface area contributed by atoms with Crippen molar-refractivity contribution in [1.29, 1.82) is 0 Å². The Bertz CT molecular complexity index is 434. The molecule has 0 aliphatic rings. The van der Waals surface area contributed by atoms with Crippen LogP contribution < -0.4 is 5.32 Å². The largest absolute Gasteiger partial charge is 0.394 e. The van der Waals surface area contributed by atoms with Crippen LogP contribution >= 0.6 is 0 Å². The van der Waals surface area contributed by atoms with Crippen LogP contribution in [0.1, 0.15) is 117 Å². The van der Waals surface area contributed by atoms with Gasteiger partial charge in [-0.2, -0.15) is 0 Å². The maximum atomic E-state index is 12.1. The zero-order chi connectivity index (χ0) is 22.3. The van der Waals surface area contributed by atoms with Crippen molar-refractivity contribution in [3.05, 3.63) is 24.3 Å². The van der Waals surface area contributed by atoms with Gasteiger partial charge < -0.3 is 15.5 Å². The van der Waals surface area contributed by atoms with E-state index in [0.717, 1.165) is 38.5 Å². The number of unbranched alkanes of at least 4 members (excludes halogenated alkanes) is 12. The van der Waals surface area contributed by atoms with Gasteiger partial charge in [-0.15, -0.1) is 0 Å². The summed E-state index contributed by atoms with van der Waals surface area (Å²) in [6.07, 6.45) is 25.3. The molecule has 0 radical (unpaired) electrons. The second-order valence-corrected chi connectivity index (χ2v) is 8.40. The molecule has 0 saturated carbocycles. The number of rotatable bonds is 21. The highest BCUT2D eigenvalue weighted by Crippen LogP contribution is 2.09. The van der Waals surface area contributed by atoms with Gasteiger partial charge in [-0.1, -0.05) is 95.9 Å². The molecule has 4 nitrogen and oxygen atoms in total. The number of carbonyl (C=O) groups is 1. The summed E-state index contributed by atoms with van der Waals surface area (Å²) in [5.74, 6) is -0.0834. The number of hydrogen-bond acceptors (Lipinski definition) is 3. The predicted molar refractivity (Wildman–Crippen MR) is 129 cm³/mol. The smallest absolute Gasteiger partial charge is 0.220 e. The van der Waals surface area contributed by atoms with Crippen LogP contribution in [0.25, 0.3) is 0 Å². The molecule has 0 heterocycles. The molecule has 0 aliphatic carbocycles. The second-order valence-electron chi connectivity index (χ2n) is 8.40. The van der Waals surface area contributed by atoms with Gasteiger partial charge >= 0.3 is 0 Å². The minimum absolute atomic E-state index is 0.0834. The Kier molecular flexibility index (Phi) is 21.7. The van der Waals surface area contributed by atoms with E-state index in [0.29, 0.717) is 6.42 Å². The first-order valence-electron chi connectivity index (χ1n) is 12.6. The minimum Gasteiger partial charge on any atom is -0.394 e. The summed E-state index contributed by atoms with van der Waals surface area (Å²) in [4.78, 5) is 12.1.